The van der Waals surface area contributed by atoms with Crippen LogP contribution in [0, 0.1) is 0 Å². The Kier molecular flexibility index (Phi) is 7.12. The Bertz CT molecular complexity index is 994. The summed E-state index contributed by atoms with van der Waals surface area (Å²) >= 11 is 1.61. The second-order valence-corrected chi connectivity index (χ2v) is 8.22. The van der Waals surface area contributed by atoms with E-state index in [2.05, 4.69) is 4.72 Å². The molecule has 1 aliphatic rings. The minimum atomic E-state index is -0.203. The number of carbonyl (C=O) groups excluding carboxylic acids is 1. The van der Waals surface area contributed by atoms with Crippen molar-refractivity contribution < 1.29 is 19.0 Å². The molecule has 2 atom stereocenters. The molecule has 2 unspecified atom stereocenters. The molecule has 0 aliphatic carbocycles. The molecule has 1 heterocycles. The molecule has 5 nitrogen and oxygen atoms in total. The summed E-state index contributed by atoms with van der Waals surface area (Å²) < 4.78 is 21.2. The number of hydrogen-bond acceptors (Lipinski definition) is 6. The highest BCUT2D eigenvalue weighted by atomic mass is 32.2. The molecule has 4 rings (SSSR count). The maximum absolute atomic E-state index is 11.0. The standard InChI is InChI=1S/C25H25NO4S/c1-26-31-17-19(14-15-27)18-10-12-21(13-11-18)30-24-16-28-25-22(24)8-5-9-23(25)29-20-6-3-2-4-7-20/h2-13,15,19,24,26H,14,16-17H2,1H3. The first-order chi connectivity index (χ1) is 15.3. The van der Waals surface area contributed by atoms with Gasteiger partial charge in [0.1, 0.15) is 24.4 Å². The minimum Gasteiger partial charge on any atom is -0.485 e. The number of para-hydroxylation sites is 2. The zero-order chi connectivity index (χ0) is 21.5. The number of benzene rings is 3. The van der Waals surface area contributed by atoms with Crippen LogP contribution in [0.2, 0.25) is 0 Å². The van der Waals surface area contributed by atoms with Crippen LogP contribution in [0.3, 0.4) is 0 Å². The molecular weight excluding hydrogens is 410 g/mol. The van der Waals surface area contributed by atoms with Crippen molar-refractivity contribution in [3.05, 3.63) is 83.9 Å². The van der Waals surface area contributed by atoms with Crippen molar-refractivity contribution in [1.82, 2.24) is 4.72 Å². The summed E-state index contributed by atoms with van der Waals surface area (Å²) in [6.45, 7) is 0.429. The maximum Gasteiger partial charge on any atom is 0.169 e. The number of rotatable bonds is 10. The average Bonchev–Trinajstić information content (AvgIpc) is 3.22. The van der Waals surface area contributed by atoms with Gasteiger partial charge in [0, 0.05) is 23.7 Å². The van der Waals surface area contributed by atoms with Crippen LogP contribution in [-0.4, -0.2) is 25.7 Å². The van der Waals surface area contributed by atoms with Gasteiger partial charge < -0.3 is 19.0 Å². The van der Waals surface area contributed by atoms with Crippen molar-refractivity contribution in [2.24, 2.45) is 0 Å². The van der Waals surface area contributed by atoms with Crippen molar-refractivity contribution in [2.75, 3.05) is 19.4 Å². The predicted molar refractivity (Wildman–Crippen MR) is 123 cm³/mol. The van der Waals surface area contributed by atoms with Crippen molar-refractivity contribution in [2.45, 2.75) is 18.4 Å². The van der Waals surface area contributed by atoms with Crippen LogP contribution in [0.25, 0.3) is 0 Å². The van der Waals surface area contributed by atoms with E-state index in [9.17, 15) is 4.79 Å². The van der Waals surface area contributed by atoms with E-state index in [0.717, 1.165) is 40.4 Å². The first-order valence-electron chi connectivity index (χ1n) is 10.3. The summed E-state index contributed by atoms with van der Waals surface area (Å²) in [5.74, 6) is 3.96. The third kappa shape index (κ3) is 5.21. The van der Waals surface area contributed by atoms with Gasteiger partial charge in [-0.1, -0.05) is 54.4 Å². The molecule has 31 heavy (non-hydrogen) atoms. The van der Waals surface area contributed by atoms with Gasteiger partial charge in [0.05, 0.1) is 0 Å². The van der Waals surface area contributed by atoms with Crippen LogP contribution in [0.4, 0.5) is 0 Å². The monoisotopic (exact) mass is 435 g/mol. The molecule has 6 heteroatoms. The van der Waals surface area contributed by atoms with Gasteiger partial charge in [-0.05, 0) is 42.9 Å². The summed E-state index contributed by atoms with van der Waals surface area (Å²) in [7, 11) is 1.89. The molecule has 160 valence electrons. The second kappa shape index (κ2) is 10.4. The van der Waals surface area contributed by atoms with Gasteiger partial charge in [-0.3, -0.25) is 4.72 Å². The quantitative estimate of drug-likeness (QED) is 0.334. The summed E-state index contributed by atoms with van der Waals surface area (Å²) in [6, 6.07) is 23.5. The Hall–Kier alpha value is -2.96. The van der Waals surface area contributed by atoms with Gasteiger partial charge in [-0.15, -0.1) is 0 Å². The Balaban J connectivity index is 1.46. The smallest absolute Gasteiger partial charge is 0.169 e. The lowest BCUT2D eigenvalue weighted by Gasteiger charge is -2.16. The van der Waals surface area contributed by atoms with Crippen LogP contribution < -0.4 is 18.9 Å². The highest BCUT2D eigenvalue weighted by molar-refractivity contribution is 7.97. The summed E-state index contributed by atoms with van der Waals surface area (Å²) in [6.07, 6.45) is 1.28. The van der Waals surface area contributed by atoms with E-state index in [-0.39, 0.29) is 12.0 Å². The first-order valence-corrected chi connectivity index (χ1v) is 11.2. The van der Waals surface area contributed by atoms with Crippen LogP contribution in [0.15, 0.2) is 72.8 Å². The molecule has 0 saturated carbocycles. The Morgan fingerprint density at radius 3 is 2.61 bits per heavy atom. The van der Waals surface area contributed by atoms with E-state index < -0.39 is 0 Å². The summed E-state index contributed by atoms with van der Waals surface area (Å²) in [5, 5.41) is 0. The topological polar surface area (TPSA) is 56.8 Å². The normalized spacial score (nSPS) is 15.6. The molecule has 3 aromatic rings. The molecule has 0 aromatic heterocycles. The van der Waals surface area contributed by atoms with Crippen LogP contribution in [0.1, 0.15) is 29.6 Å². The fraction of sp³-hybridized carbons (Fsp3) is 0.240. The van der Waals surface area contributed by atoms with Crippen molar-refractivity contribution in [3.8, 4) is 23.0 Å². The third-order valence-corrected chi connectivity index (χ3v) is 6.00. The van der Waals surface area contributed by atoms with E-state index in [1.807, 2.05) is 79.8 Å². The van der Waals surface area contributed by atoms with Gasteiger partial charge in [0.2, 0.25) is 0 Å². The van der Waals surface area contributed by atoms with Gasteiger partial charge in [0.15, 0.2) is 17.6 Å². The molecule has 0 amide bonds. The zero-order valence-corrected chi connectivity index (χ0v) is 18.1. The van der Waals surface area contributed by atoms with Crippen LogP contribution in [-0.2, 0) is 4.79 Å². The fourth-order valence-corrected chi connectivity index (χ4v) is 4.26. The first kappa shape index (κ1) is 21.3. The Morgan fingerprint density at radius 2 is 1.87 bits per heavy atom. The summed E-state index contributed by atoms with van der Waals surface area (Å²) in [5.41, 5.74) is 2.10. The maximum atomic E-state index is 11.0. The predicted octanol–water partition coefficient (Wildman–Crippen LogP) is 5.53. The minimum absolute atomic E-state index is 0.178. The number of nitrogens with one attached hydrogen (secondary N) is 1. The third-order valence-electron chi connectivity index (χ3n) is 5.15. The lowest BCUT2D eigenvalue weighted by molar-refractivity contribution is -0.108. The van der Waals surface area contributed by atoms with Crippen LogP contribution >= 0.6 is 11.9 Å². The summed E-state index contributed by atoms with van der Waals surface area (Å²) in [4.78, 5) is 11.0. The van der Waals surface area contributed by atoms with E-state index >= 15 is 0 Å². The average molecular weight is 436 g/mol. The molecule has 0 radical (unpaired) electrons. The van der Waals surface area contributed by atoms with Crippen molar-refractivity contribution in [1.29, 1.82) is 0 Å². The van der Waals surface area contributed by atoms with Gasteiger partial charge in [-0.2, -0.15) is 0 Å². The molecule has 0 fully saturated rings. The lowest BCUT2D eigenvalue weighted by Crippen LogP contribution is -2.09. The van der Waals surface area contributed by atoms with Crippen molar-refractivity contribution in [3.63, 3.8) is 0 Å². The van der Waals surface area contributed by atoms with E-state index in [1.165, 1.54) is 0 Å². The molecular formula is C25H25NO4S. The lowest BCUT2D eigenvalue weighted by atomic mass is 9.98. The highest BCUT2D eigenvalue weighted by Crippen LogP contribution is 2.43. The van der Waals surface area contributed by atoms with Crippen LogP contribution in [0.5, 0.6) is 23.0 Å². The number of carbonyl (C=O) groups is 1. The second-order valence-electron chi connectivity index (χ2n) is 7.19. The Morgan fingerprint density at radius 1 is 1.06 bits per heavy atom. The molecule has 3 aromatic carbocycles. The number of ether oxygens (including phenoxy) is 3. The largest absolute Gasteiger partial charge is 0.485 e. The van der Waals surface area contributed by atoms with E-state index in [4.69, 9.17) is 14.2 Å². The number of fused-ring (bicyclic) bond motifs is 1. The number of hydrogen-bond donors (Lipinski definition) is 1. The zero-order valence-electron chi connectivity index (χ0n) is 17.3. The van der Waals surface area contributed by atoms with Crippen molar-refractivity contribution >= 4 is 18.2 Å². The molecule has 0 spiro atoms. The molecule has 1 aliphatic heterocycles. The molecule has 0 bridgehead atoms. The van der Waals surface area contributed by atoms with Gasteiger partial charge in [0.25, 0.3) is 0 Å². The van der Waals surface area contributed by atoms with Gasteiger partial charge >= 0.3 is 0 Å². The molecule has 0 saturated heterocycles. The SMILES string of the molecule is CNSCC(CC=O)c1ccc(OC2COc3c(Oc4ccccc4)cccc32)cc1. The molecule has 1 N–H and O–H groups in total. The highest BCUT2D eigenvalue weighted by Gasteiger charge is 2.29. The number of aldehydes is 1. The van der Waals surface area contributed by atoms with E-state index in [0.29, 0.717) is 18.8 Å². The Labute approximate surface area is 186 Å². The van der Waals surface area contributed by atoms with E-state index in [1.54, 1.807) is 11.9 Å². The van der Waals surface area contributed by atoms with Gasteiger partial charge in [-0.25, -0.2) is 0 Å². The fourth-order valence-electron chi connectivity index (χ4n) is 3.57.